The van der Waals surface area contributed by atoms with E-state index < -0.39 is 6.10 Å². The van der Waals surface area contributed by atoms with Gasteiger partial charge in [-0.15, -0.1) is 0 Å². The maximum atomic E-state index is 9.49. The zero-order valence-electron chi connectivity index (χ0n) is 10.8. The molecular weight excluding hydrogens is 234 g/mol. The smallest absolute Gasteiger partial charge is 0.185 e. The number of nitrogens with zero attached hydrogens (tertiary/aromatic N) is 3. The van der Waals surface area contributed by atoms with Crippen molar-refractivity contribution in [3.05, 3.63) is 11.1 Å². The van der Waals surface area contributed by atoms with Crippen molar-refractivity contribution in [1.29, 1.82) is 0 Å². The molecule has 1 aromatic rings. The number of aliphatic hydroxyl groups excluding tert-OH is 1. The molecule has 0 radical (unpaired) electrons. The van der Waals surface area contributed by atoms with Crippen molar-refractivity contribution in [1.82, 2.24) is 9.88 Å². The van der Waals surface area contributed by atoms with Crippen LogP contribution in [0, 0.1) is 0 Å². The second kappa shape index (κ2) is 5.33. The van der Waals surface area contributed by atoms with Gasteiger partial charge in [0.25, 0.3) is 0 Å². The van der Waals surface area contributed by atoms with Crippen molar-refractivity contribution in [2.45, 2.75) is 32.9 Å². The Morgan fingerprint density at radius 1 is 1.24 bits per heavy atom. The molecule has 1 fully saturated rings. The first-order valence-corrected chi connectivity index (χ1v) is 7.02. The van der Waals surface area contributed by atoms with Crippen molar-refractivity contribution in [3.8, 4) is 0 Å². The molecule has 5 heteroatoms. The van der Waals surface area contributed by atoms with Crippen LogP contribution in [0.25, 0.3) is 0 Å². The largest absolute Gasteiger partial charge is 0.388 e. The van der Waals surface area contributed by atoms with E-state index in [0.717, 1.165) is 36.2 Å². The second-order valence-corrected chi connectivity index (χ2v) is 5.88. The normalized spacial score (nSPS) is 19.9. The molecule has 1 aliphatic rings. The molecule has 0 saturated carbocycles. The van der Waals surface area contributed by atoms with Gasteiger partial charge in [0.05, 0.1) is 11.0 Å². The highest BCUT2D eigenvalue weighted by atomic mass is 32.1. The molecule has 4 nitrogen and oxygen atoms in total. The fraction of sp³-hybridized carbons (Fsp3) is 0.750. The first-order chi connectivity index (χ1) is 8.08. The van der Waals surface area contributed by atoms with E-state index in [0.29, 0.717) is 6.04 Å². The van der Waals surface area contributed by atoms with Crippen LogP contribution in [0.3, 0.4) is 0 Å². The molecule has 1 aromatic heterocycles. The van der Waals surface area contributed by atoms with E-state index in [9.17, 15) is 5.11 Å². The Balaban J connectivity index is 1.96. The van der Waals surface area contributed by atoms with E-state index >= 15 is 0 Å². The molecule has 1 aliphatic heterocycles. The number of hydrogen-bond acceptors (Lipinski definition) is 5. The molecule has 0 spiro atoms. The molecule has 0 amide bonds. The fourth-order valence-electron chi connectivity index (χ4n) is 2.05. The molecular formula is C12H21N3OS. The van der Waals surface area contributed by atoms with Gasteiger partial charge >= 0.3 is 0 Å². The predicted molar refractivity (Wildman–Crippen MR) is 71.7 cm³/mol. The van der Waals surface area contributed by atoms with Crippen LogP contribution in [0.5, 0.6) is 0 Å². The molecule has 17 heavy (non-hydrogen) atoms. The number of aliphatic hydroxyl groups is 1. The monoisotopic (exact) mass is 255 g/mol. The summed E-state index contributed by atoms with van der Waals surface area (Å²) in [5, 5.41) is 10.5. The minimum absolute atomic E-state index is 0.404. The average Bonchev–Trinajstić information content (AvgIpc) is 2.78. The van der Waals surface area contributed by atoms with Gasteiger partial charge in [-0.25, -0.2) is 4.98 Å². The molecule has 2 rings (SSSR count). The molecule has 96 valence electrons. The van der Waals surface area contributed by atoms with E-state index in [4.69, 9.17) is 0 Å². The van der Waals surface area contributed by atoms with Gasteiger partial charge in [0.2, 0.25) is 0 Å². The van der Waals surface area contributed by atoms with Crippen LogP contribution in [-0.2, 0) is 0 Å². The van der Waals surface area contributed by atoms with Crippen LogP contribution >= 0.6 is 11.3 Å². The first kappa shape index (κ1) is 12.8. The summed E-state index contributed by atoms with van der Waals surface area (Å²) < 4.78 is 0. The van der Waals surface area contributed by atoms with Gasteiger partial charge in [0.15, 0.2) is 5.13 Å². The van der Waals surface area contributed by atoms with Gasteiger partial charge in [-0.3, -0.25) is 4.90 Å². The highest BCUT2D eigenvalue weighted by molar-refractivity contribution is 7.15. The third-order valence-electron chi connectivity index (χ3n) is 3.24. The van der Waals surface area contributed by atoms with Crippen LogP contribution < -0.4 is 4.90 Å². The highest BCUT2D eigenvalue weighted by Gasteiger charge is 2.21. The lowest BCUT2D eigenvalue weighted by Gasteiger charge is -2.36. The molecule has 1 N–H and O–H groups in total. The van der Waals surface area contributed by atoms with E-state index in [-0.39, 0.29) is 0 Å². The topological polar surface area (TPSA) is 39.6 Å². The van der Waals surface area contributed by atoms with Crippen molar-refractivity contribution >= 4 is 16.5 Å². The molecule has 1 unspecified atom stereocenters. The molecule has 2 heterocycles. The van der Waals surface area contributed by atoms with Crippen LogP contribution in [0.1, 0.15) is 31.8 Å². The Hall–Kier alpha value is -0.650. The Bertz CT molecular complexity index is 356. The average molecular weight is 255 g/mol. The van der Waals surface area contributed by atoms with Crippen LogP contribution in [-0.4, -0.2) is 47.2 Å². The lowest BCUT2D eigenvalue weighted by Crippen LogP contribution is -2.48. The minimum atomic E-state index is -0.404. The highest BCUT2D eigenvalue weighted by Crippen LogP contribution is 2.27. The van der Waals surface area contributed by atoms with E-state index in [1.54, 1.807) is 24.5 Å². The summed E-state index contributed by atoms with van der Waals surface area (Å²) in [6.45, 7) is 10.5. The maximum absolute atomic E-state index is 9.49. The second-order valence-electron chi connectivity index (χ2n) is 4.84. The Kier molecular flexibility index (Phi) is 4.01. The zero-order valence-corrected chi connectivity index (χ0v) is 11.6. The van der Waals surface area contributed by atoms with Crippen LogP contribution in [0.15, 0.2) is 6.20 Å². The van der Waals surface area contributed by atoms with Crippen molar-refractivity contribution < 1.29 is 5.11 Å². The van der Waals surface area contributed by atoms with Crippen molar-refractivity contribution in [2.24, 2.45) is 0 Å². The van der Waals surface area contributed by atoms with E-state index in [1.165, 1.54) is 0 Å². The minimum Gasteiger partial charge on any atom is -0.388 e. The summed E-state index contributed by atoms with van der Waals surface area (Å²) in [6, 6.07) is 0.626. The Morgan fingerprint density at radius 2 is 1.88 bits per heavy atom. The lowest BCUT2D eigenvalue weighted by molar-refractivity contribution is 0.203. The summed E-state index contributed by atoms with van der Waals surface area (Å²) in [4.78, 5) is 10.1. The SMILES string of the molecule is CC(O)c1cnc(N2CCN(C(C)C)CC2)s1. The van der Waals surface area contributed by atoms with Gasteiger partial charge in [-0.1, -0.05) is 11.3 Å². The molecule has 0 aliphatic carbocycles. The first-order valence-electron chi connectivity index (χ1n) is 6.20. The van der Waals surface area contributed by atoms with Gasteiger partial charge in [0, 0.05) is 38.4 Å². The Labute approximate surface area is 107 Å². The van der Waals surface area contributed by atoms with Crippen molar-refractivity contribution in [3.63, 3.8) is 0 Å². The molecule has 0 aromatic carbocycles. The Morgan fingerprint density at radius 3 is 2.35 bits per heavy atom. The summed E-state index contributed by atoms with van der Waals surface area (Å²) in [7, 11) is 0. The number of aromatic nitrogens is 1. The predicted octanol–water partition coefficient (Wildman–Crippen LogP) is 1.73. The van der Waals surface area contributed by atoms with Gasteiger partial charge in [-0.05, 0) is 20.8 Å². The van der Waals surface area contributed by atoms with E-state index in [1.807, 2.05) is 0 Å². The number of anilines is 1. The number of rotatable bonds is 3. The van der Waals surface area contributed by atoms with Gasteiger partial charge < -0.3 is 10.0 Å². The standard InChI is InChI=1S/C12H21N3OS/c1-9(2)14-4-6-15(7-5-14)12-13-8-11(17-12)10(3)16/h8-10,16H,4-7H2,1-3H3. The van der Waals surface area contributed by atoms with Crippen LogP contribution in [0.2, 0.25) is 0 Å². The number of hydrogen-bond donors (Lipinski definition) is 1. The fourth-order valence-corrected chi connectivity index (χ4v) is 2.95. The van der Waals surface area contributed by atoms with E-state index in [2.05, 4.69) is 28.6 Å². The summed E-state index contributed by atoms with van der Waals surface area (Å²) in [5.74, 6) is 0. The number of thiazole rings is 1. The zero-order chi connectivity index (χ0) is 12.4. The number of piperazine rings is 1. The summed E-state index contributed by atoms with van der Waals surface area (Å²) in [6.07, 6.45) is 1.39. The molecule has 1 saturated heterocycles. The lowest BCUT2D eigenvalue weighted by atomic mass is 10.2. The third-order valence-corrected chi connectivity index (χ3v) is 4.47. The summed E-state index contributed by atoms with van der Waals surface area (Å²) in [5.41, 5.74) is 0. The van der Waals surface area contributed by atoms with Gasteiger partial charge in [-0.2, -0.15) is 0 Å². The summed E-state index contributed by atoms with van der Waals surface area (Å²) >= 11 is 1.60. The maximum Gasteiger partial charge on any atom is 0.185 e. The molecule has 0 bridgehead atoms. The van der Waals surface area contributed by atoms with Crippen LogP contribution in [0.4, 0.5) is 5.13 Å². The quantitative estimate of drug-likeness (QED) is 0.893. The molecule has 1 atom stereocenters. The third kappa shape index (κ3) is 2.97. The van der Waals surface area contributed by atoms with Gasteiger partial charge in [0.1, 0.15) is 0 Å². The van der Waals surface area contributed by atoms with Crippen molar-refractivity contribution in [2.75, 3.05) is 31.1 Å².